The molecule has 0 amide bonds. The van der Waals surface area contributed by atoms with Crippen molar-refractivity contribution in [3.05, 3.63) is 35.1 Å². The van der Waals surface area contributed by atoms with E-state index in [0.29, 0.717) is 18.1 Å². The van der Waals surface area contributed by atoms with Gasteiger partial charge in [0, 0.05) is 12.0 Å². The molecule has 0 radical (unpaired) electrons. The zero-order valence-electron chi connectivity index (χ0n) is 10.2. The molecule has 1 nitrogen and oxygen atoms in total. The van der Waals surface area contributed by atoms with Crippen molar-refractivity contribution in [1.29, 1.82) is 0 Å². The van der Waals surface area contributed by atoms with Crippen LogP contribution in [0.3, 0.4) is 0 Å². The SMILES string of the molecule is CC1(C)CC1(CN)c1cc(F)cc(C(F)(F)F)c1. The van der Waals surface area contributed by atoms with Crippen LogP contribution in [0.15, 0.2) is 18.2 Å². The first-order chi connectivity index (χ1) is 8.12. The monoisotopic (exact) mass is 261 g/mol. The third-order valence-corrected chi connectivity index (χ3v) is 4.04. The van der Waals surface area contributed by atoms with E-state index in [1.807, 2.05) is 13.8 Å². The van der Waals surface area contributed by atoms with Gasteiger partial charge in [0.05, 0.1) is 5.56 Å². The Kier molecular flexibility index (Phi) is 2.74. The Hall–Kier alpha value is -1.10. The van der Waals surface area contributed by atoms with Crippen LogP contribution in [-0.4, -0.2) is 6.54 Å². The minimum Gasteiger partial charge on any atom is -0.330 e. The Labute approximate surface area is 103 Å². The first kappa shape index (κ1) is 13.3. The maximum absolute atomic E-state index is 13.4. The molecule has 0 aliphatic heterocycles. The van der Waals surface area contributed by atoms with E-state index in [0.717, 1.165) is 12.1 Å². The number of hydrogen-bond donors (Lipinski definition) is 1. The van der Waals surface area contributed by atoms with Gasteiger partial charge in [-0.15, -0.1) is 0 Å². The summed E-state index contributed by atoms with van der Waals surface area (Å²) in [7, 11) is 0. The molecule has 1 fully saturated rings. The smallest absolute Gasteiger partial charge is 0.330 e. The molecule has 0 spiro atoms. The first-order valence-electron chi connectivity index (χ1n) is 5.71. The number of benzene rings is 1. The molecule has 0 bridgehead atoms. The summed E-state index contributed by atoms with van der Waals surface area (Å²) in [5.41, 5.74) is 4.37. The summed E-state index contributed by atoms with van der Waals surface area (Å²) < 4.78 is 51.3. The largest absolute Gasteiger partial charge is 0.416 e. The molecular formula is C13H15F4N. The standard InChI is InChI=1S/C13H15F4N/c1-11(2)6-12(11,7-18)8-3-9(13(15,16)17)5-10(14)4-8/h3-5H,6-7,18H2,1-2H3. The summed E-state index contributed by atoms with van der Waals surface area (Å²) in [5, 5.41) is 0. The number of halogens is 4. The zero-order valence-corrected chi connectivity index (χ0v) is 10.2. The minimum absolute atomic E-state index is 0.182. The molecule has 1 aromatic carbocycles. The van der Waals surface area contributed by atoms with Crippen LogP contribution in [0.4, 0.5) is 17.6 Å². The number of alkyl halides is 3. The van der Waals surface area contributed by atoms with Crippen molar-refractivity contribution in [1.82, 2.24) is 0 Å². The van der Waals surface area contributed by atoms with Crippen molar-refractivity contribution in [2.75, 3.05) is 6.54 Å². The fourth-order valence-electron chi connectivity index (χ4n) is 2.70. The summed E-state index contributed by atoms with van der Waals surface area (Å²) in [5.74, 6) is -0.865. The Morgan fingerprint density at radius 3 is 2.17 bits per heavy atom. The van der Waals surface area contributed by atoms with Gasteiger partial charge in [0.25, 0.3) is 0 Å². The predicted octanol–water partition coefficient (Wildman–Crippen LogP) is 3.47. The zero-order chi connectivity index (χ0) is 13.8. The molecule has 0 saturated heterocycles. The van der Waals surface area contributed by atoms with Crippen LogP contribution in [0.25, 0.3) is 0 Å². The summed E-state index contributed by atoms with van der Waals surface area (Å²) >= 11 is 0. The molecular weight excluding hydrogens is 246 g/mol. The molecule has 1 aliphatic rings. The van der Waals surface area contributed by atoms with Crippen molar-refractivity contribution >= 4 is 0 Å². The highest BCUT2D eigenvalue weighted by Gasteiger charge is 2.61. The Bertz CT molecular complexity index is 478. The van der Waals surface area contributed by atoms with Gasteiger partial charge in [-0.3, -0.25) is 0 Å². The molecule has 1 aromatic rings. The second kappa shape index (κ2) is 3.70. The van der Waals surface area contributed by atoms with E-state index in [-0.39, 0.29) is 12.0 Å². The Morgan fingerprint density at radius 2 is 1.78 bits per heavy atom. The van der Waals surface area contributed by atoms with Gasteiger partial charge < -0.3 is 5.73 Å². The predicted molar refractivity (Wildman–Crippen MR) is 60.5 cm³/mol. The van der Waals surface area contributed by atoms with E-state index in [1.54, 1.807) is 0 Å². The van der Waals surface area contributed by atoms with Gasteiger partial charge in [-0.05, 0) is 35.6 Å². The van der Waals surface area contributed by atoms with Crippen LogP contribution in [0.5, 0.6) is 0 Å². The van der Waals surface area contributed by atoms with Crippen LogP contribution in [0, 0.1) is 11.2 Å². The molecule has 1 saturated carbocycles. The molecule has 0 aromatic heterocycles. The lowest BCUT2D eigenvalue weighted by molar-refractivity contribution is -0.137. The lowest BCUT2D eigenvalue weighted by atomic mass is 9.87. The van der Waals surface area contributed by atoms with Crippen molar-refractivity contribution in [2.24, 2.45) is 11.1 Å². The van der Waals surface area contributed by atoms with E-state index in [1.165, 1.54) is 0 Å². The highest BCUT2D eigenvalue weighted by atomic mass is 19.4. The summed E-state index contributed by atoms with van der Waals surface area (Å²) in [6, 6.07) is 2.70. The van der Waals surface area contributed by atoms with Gasteiger partial charge in [-0.2, -0.15) is 13.2 Å². The van der Waals surface area contributed by atoms with Crippen molar-refractivity contribution in [2.45, 2.75) is 31.9 Å². The fraction of sp³-hybridized carbons (Fsp3) is 0.538. The summed E-state index contributed by atoms with van der Waals surface area (Å²) in [4.78, 5) is 0. The molecule has 0 heterocycles. The molecule has 2 N–H and O–H groups in total. The molecule has 1 atom stereocenters. The highest BCUT2D eigenvalue weighted by Crippen LogP contribution is 2.63. The summed E-state index contributed by atoms with van der Waals surface area (Å²) in [6.07, 6.45) is -3.86. The van der Waals surface area contributed by atoms with Gasteiger partial charge in [0.2, 0.25) is 0 Å². The average Bonchev–Trinajstić information content (AvgIpc) is 2.80. The second-order valence-corrected chi connectivity index (χ2v) is 5.57. The number of hydrogen-bond acceptors (Lipinski definition) is 1. The average molecular weight is 261 g/mol. The number of nitrogens with two attached hydrogens (primary N) is 1. The third-order valence-electron chi connectivity index (χ3n) is 4.04. The third kappa shape index (κ3) is 1.90. The lowest BCUT2D eigenvalue weighted by Gasteiger charge is -2.20. The molecule has 2 rings (SSSR count). The topological polar surface area (TPSA) is 26.0 Å². The van der Waals surface area contributed by atoms with Crippen molar-refractivity contribution in [3.8, 4) is 0 Å². The van der Waals surface area contributed by atoms with E-state index in [2.05, 4.69) is 0 Å². The molecule has 5 heteroatoms. The van der Waals surface area contributed by atoms with Gasteiger partial charge in [-0.25, -0.2) is 4.39 Å². The van der Waals surface area contributed by atoms with E-state index < -0.39 is 23.0 Å². The molecule has 18 heavy (non-hydrogen) atoms. The second-order valence-electron chi connectivity index (χ2n) is 5.57. The van der Waals surface area contributed by atoms with Crippen molar-refractivity contribution in [3.63, 3.8) is 0 Å². The normalized spacial score (nSPS) is 26.2. The highest BCUT2D eigenvalue weighted by molar-refractivity contribution is 5.41. The van der Waals surface area contributed by atoms with Crippen LogP contribution in [-0.2, 0) is 11.6 Å². The van der Waals surface area contributed by atoms with Gasteiger partial charge in [0.15, 0.2) is 0 Å². The van der Waals surface area contributed by atoms with Crippen molar-refractivity contribution < 1.29 is 17.6 Å². The van der Waals surface area contributed by atoms with E-state index in [4.69, 9.17) is 5.73 Å². The Balaban J connectivity index is 2.51. The maximum Gasteiger partial charge on any atom is 0.416 e. The van der Waals surface area contributed by atoms with Crippen LogP contribution in [0.2, 0.25) is 0 Å². The van der Waals surface area contributed by atoms with Gasteiger partial charge >= 0.3 is 6.18 Å². The molecule has 100 valence electrons. The van der Waals surface area contributed by atoms with E-state index >= 15 is 0 Å². The first-order valence-corrected chi connectivity index (χ1v) is 5.71. The lowest BCUT2D eigenvalue weighted by Crippen LogP contribution is -2.26. The number of rotatable bonds is 2. The molecule has 1 unspecified atom stereocenters. The van der Waals surface area contributed by atoms with Crippen LogP contribution < -0.4 is 5.73 Å². The molecule has 1 aliphatic carbocycles. The van der Waals surface area contributed by atoms with Gasteiger partial charge in [-0.1, -0.05) is 13.8 Å². The van der Waals surface area contributed by atoms with Crippen LogP contribution >= 0.6 is 0 Å². The minimum atomic E-state index is -4.54. The quantitative estimate of drug-likeness (QED) is 0.810. The Morgan fingerprint density at radius 1 is 1.22 bits per heavy atom. The van der Waals surface area contributed by atoms with Gasteiger partial charge in [0.1, 0.15) is 5.82 Å². The van der Waals surface area contributed by atoms with E-state index in [9.17, 15) is 17.6 Å². The summed E-state index contributed by atoms with van der Waals surface area (Å²) in [6.45, 7) is 4.08. The maximum atomic E-state index is 13.4. The van der Waals surface area contributed by atoms with Crippen LogP contribution in [0.1, 0.15) is 31.4 Å². The fourth-order valence-corrected chi connectivity index (χ4v) is 2.70.